The van der Waals surface area contributed by atoms with E-state index in [0.29, 0.717) is 0 Å². The number of rotatable bonds is 7. The first-order chi connectivity index (χ1) is 10.5. The van der Waals surface area contributed by atoms with E-state index in [1.165, 1.54) is 11.1 Å². The van der Waals surface area contributed by atoms with Gasteiger partial charge in [-0.2, -0.15) is 0 Å². The van der Waals surface area contributed by atoms with Crippen molar-refractivity contribution in [3.8, 4) is 0 Å². The van der Waals surface area contributed by atoms with Gasteiger partial charge in [-0.25, -0.2) is 9.97 Å². The van der Waals surface area contributed by atoms with Crippen LogP contribution in [0.2, 0.25) is 0 Å². The molecule has 0 fully saturated rings. The predicted molar refractivity (Wildman–Crippen MR) is 92.9 cm³/mol. The van der Waals surface area contributed by atoms with E-state index in [1.54, 1.807) is 6.33 Å². The number of anilines is 3. The van der Waals surface area contributed by atoms with Crippen molar-refractivity contribution in [2.75, 3.05) is 37.8 Å². The average molecular weight is 299 g/mol. The minimum Gasteiger partial charge on any atom is -0.370 e. The standard InChI is InChI=1S/C17H25N5/c1-13-8-14(2)10-15(9-13)21-17-11-16(19-12-20-17)18-6-5-7-22(3)4/h8-12H,5-7H2,1-4H3,(H2,18,19,20,21). The molecule has 0 spiro atoms. The Labute approximate surface area is 132 Å². The third kappa shape index (κ3) is 5.33. The second kappa shape index (κ2) is 7.75. The number of aromatic nitrogens is 2. The summed E-state index contributed by atoms with van der Waals surface area (Å²) >= 11 is 0. The third-order valence-electron chi connectivity index (χ3n) is 3.25. The first-order valence-corrected chi connectivity index (χ1v) is 7.59. The van der Waals surface area contributed by atoms with Gasteiger partial charge in [0.1, 0.15) is 18.0 Å². The van der Waals surface area contributed by atoms with Crippen LogP contribution >= 0.6 is 0 Å². The monoisotopic (exact) mass is 299 g/mol. The largest absolute Gasteiger partial charge is 0.370 e. The lowest BCUT2D eigenvalue weighted by Crippen LogP contribution is -2.16. The first kappa shape index (κ1) is 16.2. The van der Waals surface area contributed by atoms with Crippen LogP contribution < -0.4 is 10.6 Å². The van der Waals surface area contributed by atoms with Crippen molar-refractivity contribution in [3.63, 3.8) is 0 Å². The second-order valence-electron chi connectivity index (χ2n) is 5.87. The lowest BCUT2D eigenvalue weighted by molar-refractivity contribution is 0.405. The van der Waals surface area contributed by atoms with Crippen LogP contribution in [0.3, 0.4) is 0 Å². The number of aryl methyl sites for hydroxylation is 2. The van der Waals surface area contributed by atoms with E-state index in [-0.39, 0.29) is 0 Å². The number of nitrogens with zero attached hydrogens (tertiary/aromatic N) is 3. The van der Waals surface area contributed by atoms with E-state index in [9.17, 15) is 0 Å². The maximum atomic E-state index is 4.28. The van der Waals surface area contributed by atoms with Gasteiger partial charge in [-0.3, -0.25) is 0 Å². The summed E-state index contributed by atoms with van der Waals surface area (Å²) in [6.07, 6.45) is 2.66. The Hall–Kier alpha value is -2.14. The molecule has 5 nitrogen and oxygen atoms in total. The minimum atomic E-state index is 0.801. The molecule has 0 unspecified atom stereocenters. The van der Waals surface area contributed by atoms with E-state index in [0.717, 1.165) is 36.8 Å². The predicted octanol–water partition coefficient (Wildman–Crippen LogP) is 3.20. The summed E-state index contributed by atoms with van der Waals surface area (Å²) in [5.41, 5.74) is 3.52. The van der Waals surface area contributed by atoms with Gasteiger partial charge >= 0.3 is 0 Å². The minimum absolute atomic E-state index is 0.801. The van der Waals surface area contributed by atoms with Crippen LogP contribution in [0.15, 0.2) is 30.6 Å². The molecule has 0 atom stereocenters. The topological polar surface area (TPSA) is 53.1 Å². The van der Waals surface area contributed by atoms with Crippen molar-refractivity contribution in [2.45, 2.75) is 20.3 Å². The maximum absolute atomic E-state index is 4.28. The fourth-order valence-electron chi connectivity index (χ4n) is 2.33. The molecule has 0 aliphatic rings. The van der Waals surface area contributed by atoms with Gasteiger partial charge in [-0.05, 0) is 64.2 Å². The normalized spacial score (nSPS) is 10.8. The lowest BCUT2D eigenvalue weighted by Gasteiger charge is -2.11. The molecule has 1 aromatic carbocycles. The highest BCUT2D eigenvalue weighted by atomic mass is 15.1. The van der Waals surface area contributed by atoms with Crippen LogP contribution in [0.25, 0.3) is 0 Å². The SMILES string of the molecule is Cc1cc(C)cc(Nc2cc(NCCCN(C)C)ncn2)c1. The highest BCUT2D eigenvalue weighted by Gasteiger charge is 2.01. The van der Waals surface area contributed by atoms with E-state index in [1.807, 2.05) is 6.07 Å². The van der Waals surface area contributed by atoms with Gasteiger partial charge in [0.15, 0.2) is 0 Å². The number of hydrogen-bond donors (Lipinski definition) is 2. The molecule has 5 heteroatoms. The van der Waals surface area contributed by atoms with Crippen LogP contribution in [0.1, 0.15) is 17.5 Å². The van der Waals surface area contributed by atoms with Crippen LogP contribution in [0, 0.1) is 13.8 Å². The van der Waals surface area contributed by atoms with Crippen molar-refractivity contribution < 1.29 is 0 Å². The Morgan fingerprint density at radius 3 is 2.32 bits per heavy atom. The van der Waals surface area contributed by atoms with Gasteiger partial charge < -0.3 is 15.5 Å². The molecule has 1 heterocycles. The van der Waals surface area contributed by atoms with Crippen molar-refractivity contribution in [3.05, 3.63) is 41.7 Å². The average Bonchev–Trinajstić information content (AvgIpc) is 2.43. The Bertz CT molecular complexity index is 589. The first-order valence-electron chi connectivity index (χ1n) is 7.59. The summed E-state index contributed by atoms with van der Waals surface area (Å²) in [7, 11) is 4.16. The summed E-state index contributed by atoms with van der Waals surface area (Å²) in [6.45, 7) is 6.15. The molecule has 118 valence electrons. The molecule has 0 saturated carbocycles. The number of nitrogens with one attached hydrogen (secondary N) is 2. The molecule has 0 aliphatic heterocycles. The molecule has 2 aromatic rings. The summed E-state index contributed by atoms with van der Waals surface area (Å²) in [5, 5.41) is 6.67. The molecule has 2 rings (SSSR count). The van der Waals surface area contributed by atoms with E-state index >= 15 is 0 Å². The zero-order valence-corrected chi connectivity index (χ0v) is 13.8. The lowest BCUT2D eigenvalue weighted by atomic mass is 10.1. The van der Waals surface area contributed by atoms with Gasteiger partial charge in [0.05, 0.1) is 0 Å². The van der Waals surface area contributed by atoms with Gasteiger partial charge in [-0.15, -0.1) is 0 Å². The summed E-state index contributed by atoms with van der Waals surface area (Å²) in [5.74, 6) is 1.65. The van der Waals surface area contributed by atoms with Gasteiger partial charge in [0.2, 0.25) is 0 Å². The van der Waals surface area contributed by atoms with Gasteiger partial charge in [0.25, 0.3) is 0 Å². The van der Waals surface area contributed by atoms with Crippen LogP contribution in [0.4, 0.5) is 17.3 Å². The quantitative estimate of drug-likeness (QED) is 0.769. The Balaban J connectivity index is 1.96. The van der Waals surface area contributed by atoms with Crippen molar-refractivity contribution >= 4 is 17.3 Å². The Morgan fingerprint density at radius 1 is 0.955 bits per heavy atom. The summed E-state index contributed by atoms with van der Waals surface area (Å²) < 4.78 is 0. The molecule has 0 radical (unpaired) electrons. The zero-order valence-electron chi connectivity index (χ0n) is 13.8. The van der Waals surface area contributed by atoms with E-state index in [4.69, 9.17) is 0 Å². The van der Waals surface area contributed by atoms with Crippen LogP contribution in [-0.2, 0) is 0 Å². The van der Waals surface area contributed by atoms with Crippen molar-refractivity contribution in [1.82, 2.24) is 14.9 Å². The molecule has 22 heavy (non-hydrogen) atoms. The van der Waals surface area contributed by atoms with Crippen LogP contribution in [0.5, 0.6) is 0 Å². The highest BCUT2D eigenvalue weighted by Crippen LogP contribution is 2.19. The molecular formula is C17H25N5. The molecule has 0 aliphatic carbocycles. The smallest absolute Gasteiger partial charge is 0.135 e. The van der Waals surface area contributed by atoms with Gasteiger partial charge in [0, 0.05) is 18.3 Å². The third-order valence-corrected chi connectivity index (χ3v) is 3.25. The fourth-order valence-corrected chi connectivity index (χ4v) is 2.33. The molecule has 2 N–H and O–H groups in total. The van der Waals surface area contributed by atoms with E-state index < -0.39 is 0 Å². The molecule has 0 amide bonds. The zero-order chi connectivity index (χ0) is 15.9. The van der Waals surface area contributed by atoms with Crippen LogP contribution in [-0.4, -0.2) is 42.1 Å². The number of benzene rings is 1. The molecular weight excluding hydrogens is 274 g/mol. The molecule has 1 aromatic heterocycles. The fraction of sp³-hybridized carbons (Fsp3) is 0.412. The van der Waals surface area contributed by atoms with Crippen molar-refractivity contribution in [2.24, 2.45) is 0 Å². The second-order valence-corrected chi connectivity index (χ2v) is 5.87. The van der Waals surface area contributed by atoms with Crippen molar-refractivity contribution in [1.29, 1.82) is 0 Å². The molecule has 0 saturated heterocycles. The maximum Gasteiger partial charge on any atom is 0.135 e. The summed E-state index contributed by atoms with van der Waals surface area (Å²) in [4.78, 5) is 10.7. The summed E-state index contributed by atoms with van der Waals surface area (Å²) in [6, 6.07) is 8.31. The Morgan fingerprint density at radius 2 is 1.64 bits per heavy atom. The Kier molecular flexibility index (Phi) is 5.72. The number of hydrogen-bond acceptors (Lipinski definition) is 5. The van der Waals surface area contributed by atoms with Gasteiger partial charge in [-0.1, -0.05) is 6.07 Å². The molecule has 0 bridgehead atoms. The van der Waals surface area contributed by atoms with E-state index in [2.05, 4.69) is 71.6 Å². The highest BCUT2D eigenvalue weighted by molar-refractivity contribution is 5.60.